The molecule has 0 bridgehead atoms. The summed E-state index contributed by atoms with van der Waals surface area (Å²) in [5, 5.41) is 4.79. The SMILES string of the molecule is COc1cccc(CCNC(=O)Cc2csc(SCC(=O)c3ccccc3)n2)c1. The number of benzene rings is 2. The summed E-state index contributed by atoms with van der Waals surface area (Å²) in [7, 11) is 1.64. The van der Waals surface area contributed by atoms with Crippen molar-refractivity contribution in [2.75, 3.05) is 19.4 Å². The molecule has 0 atom stereocenters. The number of nitrogens with zero attached hydrogens (tertiary/aromatic N) is 1. The fourth-order valence-corrected chi connectivity index (χ4v) is 4.41. The van der Waals surface area contributed by atoms with E-state index in [1.165, 1.54) is 23.1 Å². The average Bonchev–Trinajstić information content (AvgIpc) is 3.20. The van der Waals surface area contributed by atoms with Crippen molar-refractivity contribution in [3.05, 3.63) is 76.8 Å². The van der Waals surface area contributed by atoms with Crippen molar-refractivity contribution in [3.8, 4) is 5.75 Å². The number of hydrogen-bond donors (Lipinski definition) is 1. The summed E-state index contributed by atoms with van der Waals surface area (Å²) in [5.74, 6) is 1.16. The van der Waals surface area contributed by atoms with E-state index in [4.69, 9.17) is 4.74 Å². The molecule has 3 aromatic rings. The van der Waals surface area contributed by atoms with Gasteiger partial charge in [0.1, 0.15) is 5.75 Å². The number of carbonyl (C=O) groups excluding carboxylic acids is 2. The molecule has 1 heterocycles. The van der Waals surface area contributed by atoms with Gasteiger partial charge in [-0.1, -0.05) is 54.2 Å². The van der Waals surface area contributed by atoms with E-state index in [1.54, 1.807) is 7.11 Å². The van der Waals surface area contributed by atoms with Crippen LogP contribution in [0.1, 0.15) is 21.6 Å². The summed E-state index contributed by atoms with van der Waals surface area (Å²) in [4.78, 5) is 28.8. The molecule has 5 nitrogen and oxygen atoms in total. The Morgan fingerprint density at radius 1 is 1.14 bits per heavy atom. The Morgan fingerprint density at radius 3 is 2.76 bits per heavy atom. The zero-order chi connectivity index (χ0) is 20.5. The Labute approximate surface area is 178 Å². The van der Waals surface area contributed by atoms with Crippen molar-refractivity contribution in [1.29, 1.82) is 0 Å². The third-order valence-corrected chi connectivity index (χ3v) is 6.23. The van der Waals surface area contributed by atoms with Gasteiger partial charge in [0.05, 0.1) is 25.0 Å². The summed E-state index contributed by atoms with van der Waals surface area (Å²) in [5.41, 5.74) is 2.54. The summed E-state index contributed by atoms with van der Waals surface area (Å²) in [6.45, 7) is 0.559. The smallest absolute Gasteiger partial charge is 0.226 e. The molecule has 0 fully saturated rings. The standard InChI is InChI=1S/C22H22N2O3S2/c1-27-19-9-5-6-16(12-19)10-11-23-21(26)13-18-14-28-22(24-18)29-15-20(25)17-7-3-2-4-8-17/h2-9,12,14H,10-11,13,15H2,1H3,(H,23,26). The Balaban J connectivity index is 1.41. The van der Waals surface area contributed by atoms with E-state index < -0.39 is 0 Å². The van der Waals surface area contributed by atoms with Crippen LogP contribution in [0.3, 0.4) is 0 Å². The summed E-state index contributed by atoms with van der Waals surface area (Å²) in [6.07, 6.45) is 0.977. The quantitative estimate of drug-likeness (QED) is 0.392. The van der Waals surface area contributed by atoms with Crippen molar-refractivity contribution >= 4 is 34.8 Å². The maximum atomic E-state index is 12.2. The van der Waals surface area contributed by atoms with Gasteiger partial charge < -0.3 is 10.1 Å². The van der Waals surface area contributed by atoms with Gasteiger partial charge in [-0.25, -0.2) is 4.98 Å². The molecular weight excluding hydrogens is 404 g/mol. The highest BCUT2D eigenvalue weighted by Gasteiger charge is 2.11. The highest BCUT2D eigenvalue weighted by atomic mass is 32.2. The summed E-state index contributed by atoms with van der Waals surface area (Å²) in [6, 6.07) is 17.0. The molecule has 0 aliphatic heterocycles. The average molecular weight is 427 g/mol. The van der Waals surface area contributed by atoms with E-state index in [-0.39, 0.29) is 18.1 Å². The number of rotatable bonds is 10. The lowest BCUT2D eigenvalue weighted by Gasteiger charge is -2.06. The molecule has 0 radical (unpaired) electrons. The van der Waals surface area contributed by atoms with E-state index >= 15 is 0 Å². The maximum Gasteiger partial charge on any atom is 0.226 e. The molecule has 0 spiro atoms. The Morgan fingerprint density at radius 2 is 1.97 bits per heavy atom. The molecule has 2 aromatic carbocycles. The van der Waals surface area contributed by atoms with Crippen molar-refractivity contribution in [2.45, 2.75) is 17.2 Å². The van der Waals surface area contributed by atoms with E-state index in [2.05, 4.69) is 10.3 Å². The highest BCUT2D eigenvalue weighted by Crippen LogP contribution is 2.23. The lowest BCUT2D eigenvalue weighted by molar-refractivity contribution is -0.120. The number of nitrogens with one attached hydrogen (secondary N) is 1. The van der Waals surface area contributed by atoms with Crippen molar-refractivity contribution in [1.82, 2.24) is 10.3 Å². The first-order chi connectivity index (χ1) is 14.1. The molecule has 0 unspecified atom stereocenters. The Bertz CT molecular complexity index is 957. The number of Topliss-reactive ketones (excluding diaryl/α,β-unsaturated/α-hetero) is 1. The molecule has 1 N–H and O–H groups in total. The fourth-order valence-electron chi connectivity index (χ4n) is 2.67. The molecule has 150 valence electrons. The van der Waals surface area contributed by atoms with E-state index in [0.29, 0.717) is 17.9 Å². The van der Waals surface area contributed by atoms with Crippen LogP contribution < -0.4 is 10.1 Å². The van der Waals surface area contributed by atoms with E-state index in [1.807, 2.05) is 60.0 Å². The lowest BCUT2D eigenvalue weighted by Crippen LogP contribution is -2.27. The van der Waals surface area contributed by atoms with Gasteiger partial charge >= 0.3 is 0 Å². The number of thioether (sulfide) groups is 1. The minimum Gasteiger partial charge on any atom is -0.497 e. The van der Waals surface area contributed by atoms with E-state index in [9.17, 15) is 9.59 Å². The molecule has 1 aromatic heterocycles. The van der Waals surface area contributed by atoms with Crippen LogP contribution in [-0.4, -0.2) is 36.1 Å². The Kier molecular flexibility index (Phi) is 7.84. The first-order valence-electron chi connectivity index (χ1n) is 9.19. The molecule has 1 amide bonds. The molecule has 0 saturated heterocycles. The summed E-state index contributed by atoms with van der Waals surface area (Å²) >= 11 is 2.86. The van der Waals surface area contributed by atoms with Crippen molar-refractivity contribution < 1.29 is 14.3 Å². The first kappa shape index (κ1) is 21.1. The second kappa shape index (κ2) is 10.8. The van der Waals surface area contributed by atoms with Gasteiger partial charge in [0, 0.05) is 17.5 Å². The van der Waals surface area contributed by atoms with Crippen molar-refractivity contribution in [2.24, 2.45) is 0 Å². The van der Waals surface area contributed by atoms with Gasteiger partial charge in [-0.15, -0.1) is 11.3 Å². The number of ketones is 1. The minimum atomic E-state index is -0.0601. The molecule has 0 saturated carbocycles. The number of methoxy groups -OCH3 is 1. The number of ether oxygens (including phenoxy) is 1. The van der Waals surface area contributed by atoms with Gasteiger partial charge in [-0.2, -0.15) is 0 Å². The van der Waals surface area contributed by atoms with Crippen LogP contribution in [0.5, 0.6) is 5.75 Å². The predicted octanol–water partition coefficient (Wildman–Crippen LogP) is 4.03. The van der Waals surface area contributed by atoms with Gasteiger partial charge in [0.2, 0.25) is 5.91 Å². The van der Waals surface area contributed by atoms with E-state index in [0.717, 1.165) is 27.8 Å². The molecular formula is C22H22N2O3S2. The molecule has 7 heteroatoms. The van der Waals surface area contributed by atoms with Crippen LogP contribution in [0.4, 0.5) is 0 Å². The maximum absolute atomic E-state index is 12.2. The number of amides is 1. The normalized spacial score (nSPS) is 10.5. The third kappa shape index (κ3) is 6.73. The minimum absolute atomic E-state index is 0.0601. The Hall–Kier alpha value is -2.64. The van der Waals surface area contributed by atoms with Crippen LogP contribution in [0.15, 0.2) is 64.3 Å². The summed E-state index contributed by atoms with van der Waals surface area (Å²) < 4.78 is 6.01. The van der Waals surface area contributed by atoms with Gasteiger partial charge in [0.25, 0.3) is 0 Å². The molecule has 0 aliphatic carbocycles. The second-order valence-electron chi connectivity index (χ2n) is 6.31. The zero-order valence-corrected chi connectivity index (χ0v) is 17.7. The van der Waals surface area contributed by atoms with Crippen molar-refractivity contribution in [3.63, 3.8) is 0 Å². The van der Waals surface area contributed by atoms with Gasteiger partial charge in [-0.3, -0.25) is 9.59 Å². The molecule has 29 heavy (non-hydrogen) atoms. The first-order valence-corrected chi connectivity index (χ1v) is 11.1. The second-order valence-corrected chi connectivity index (χ2v) is 8.39. The third-order valence-electron chi connectivity index (χ3n) is 4.16. The fraction of sp³-hybridized carbons (Fsp3) is 0.227. The lowest BCUT2D eigenvalue weighted by atomic mass is 10.1. The number of thiazole rings is 1. The molecule has 3 rings (SSSR count). The van der Waals surface area contributed by atoms with Gasteiger partial charge in [0.15, 0.2) is 10.1 Å². The molecule has 0 aliphatic rings. The topological polar surface area (TPSA) is 68.3 Å². The van der Waals surface area contributed by atoms with Crippen LogP contribution in [-0.2, 0) is 17.6 Å². The number of carbonyl (C=O) groups is 2. The largest absolute Gasteiger partial charge is 0.497 e. The predicted molar refractivity (Wildman–Crippen MR) is 117 cm³/mol. The number of aromatic nitrogens is 1. The van der Waals surface area contributed by atoms with Gasteiger partial charge in [-0.05, 0) is 24.1 Å². The van der Waals surface area contributed by atoms with Crippen LogP contribution in [0.2, 0.25) is 0 Å². The number of hydrogen-bond acceptors (Lipinski definition) is 6. The van der Waals surface area contributed by atoms with Crippen LogP contribution in [0.25, 0.3) is 0 Å². The highest BCUT2D eigenvalue weighted by molar-refractivity contribution is 8.01. The van der Waals surface area contributed by atoms with Crippen LogP contribution in [0, 0.1) is 0 Å². The monoisotopic (exact) mass is 426 g/mol. The van der Waals surface area contributed by atoms with Crippen LogP contribution >= 0.6 is 23.1 Å². The zero-order valence-electron chi connectivity index (χ0n) is 16.1.